The molecule has 0 aliphatic carbocycles. The SMILES string of the molecule is CSCCCNC(=NCc1nnc(C)n1C)NC(C)CCC(C)(C)C. The van der Waals surface area contributed by atoms with Gasteiger partial charge in [-0.25, -0.2) is 4.99 Å². The van der Waals surface area contributed by atoms with Crippen molar-refractivity contribution in [2.45, 2.75) is 66.5 Å². The molecule has 6 nitrogen and oxygen atoms in total. The topological polar surface area (TPSA) is 67.1 Å². The summed E-state index contributed by atoms with van der Waals surface area (Å²) in [4.78, 5) is 4.71. The highest BCUT2D eigenvalue weighted by molar-refractivity contribution is 7.98. The highest BCUT2D eigenvalue weighted by Gasteiger charge is 2.13. The first-order chi connectivity index (χ1) is 11.7. The molecule has 1 aromatic rings. The predicted octanol–water partition coefficient (Wildman–Crippen LogP) is 3.13. The fraction of sp³-hybridized carbons (Fsp3) is 0.833. The molecule has 1 aromatic heterocycles. The van der Waals surface area contributed by atoms with Crippen LogP contribution < -0.4 is 10.6 Å². The van der Waals surface area contributed by atoms with Crippen molar-refractivity contribution < 1.29 is 0 Å². The first-order valence-corrected chi connectivity index (χ1v) is 10.5. The van der Waals surface area contributed by atoms with Crippen molar-refractivity contribution >= 4 is 17.7 Å². The first-order valence-electron chi connectivity index (χ1n) is 9.11. The van der Waals surface area contributed by atoms with Crippen molar-refractivity contribution in [2.75, 3.05) is 18.6 Å². The van der Waals surface area contributed by atoms with Crippen LogP contribution in [-0.4, -0.2) is 45.3 Å². The van der Waals surface area contributed by atoms with Gasteiger partial charge < -0.3 is 15.2 Å². The number of thioether (sulfide) groups is 1. The monoisotopic (exact) mass is 368 g/mol. The van der Waals surface area contributed by atoms with Crippen LogP contribution in [0.1, 0.15) is 58.6 Å². The molecule has 1 unspecified atom stereocenters. The third kappa shape index (κ3) is 9.14. The van der Waals surface area contributed by atoms with Crippen LogP contribution in [0, 0.1) is 12.3 Å². The van der Waals surface area contributed by atoms with Gasteiger partial charge in [0, 0.05) is 19.6 Å². The van der Waals surface area contributed by atoms with Crippen LogP contribution in [-0.2, 0) is 13.6 Å². The Morgan fingerprint density at radius 2 is 2.04 bits per heavy atom. The zero-order valence-electron chi connectivity index (χ0n) is 17.0. The van der Waals surface area contributed by atoms with Gasteiger partial charge in [0.25, 0.3) is 0 Å². The fourth-order valence-electron chi connectivity index (χ4n) is 2.27. The molecule has 2 N–H and O–H groups in total. The maximum absolute atomic E-state index is 4.71. The van der Waals surface area contributed by atoms with E-state index in [1.54, 1.807) is 0 Å². The highest BCUT2D eigenvalue weighted by atomic mass is 32.2. The standard InChI is InChI=1S/C18H36N6S/c1-14(9-10-18(3,4)5)21-17(19-11-8-12-25-7)20-13-16-23-22-15(2)24(16)6/h14H,8-13H2,1-7H3,(H2,19,20,21). The number of nitrogens with one attached hydrogen (secondary N) is 2. The van der Waals surface area contributed by atoms with Gasteiger partial charge in [0.1, 0.15) is 12.4 Å². The lowest BCUT2D eigenvalue weighted by atomic mass is 9.89. The molecule has 0 spiro atoms. The smallest absolute Gasteiger partial charge is 0.191 e. The maximum atomic E-state index is 4.71. The number of aromatic nitrogens is 3. The molecule has 1 rings (SSSR count). The van der Waals surface area contributed by atoms with Crippen molar-refractivity contribution in [3.05, 3.63) is 11.6 Å². The number of guanidine groups is 1. The first kappa shape index (κ1) is 21.8. The van der Waals surface area contributed by atoms with Crippen LogP contribution in [0.15, 0.2) is 4.99 Å². The van der Waals surface area contributed by atoms with Gasteiger partial charge in [-0.15, -0.1) is 10.2 Å². The molecule has 0 saturated heterocycles. The number of nitrogens with zero attached hydrogens (tertiary/aromatic N) is 4. The number of rotatable bonds is 9. The third-order valence-electron chi connectivity index (χ3n) is 4.09. The van der Waals surface area contributed by atoms with Crippen molar-refractivity contribution in [3.8, 4) is 0 Å². The minimum atomic E-state index is 0.356. The normalized spacial score (nSPS) is 13.8. The van der Waals surface area contributed by atoms with Gasteiger partial charge in [0.2, 0.25) is 0 Å². The quantitative estimate of drug-likeness (QED) is 0.398. The second kappa shape index (κ2) is 10.7. The Bertz CT molecular complexity index is 532. The van der Waals surface area contributed by atoms with Crippen molar-refractivity contribution in [1.29, 1.82) is 0 Å². The van der Waals surface area contributed by atoms with Gasteiger partial charge in [-0.2, -0.15) is 11.8 Å². The average Bonchev–Trinajstić information content (AvgIpc) is 2.85. The molecule has 0 aromatic carbocycles. The lowest BCUT2D eigenvalue weighted by Gasteiger charge is -2.23. The van der Waals surface area contributed by atoms with Crippen molar-refractivity contribution in [2.24, 2.45) is 17.5 Å². The molecule has 0 aliphatic heterocycles. The third-order valence-corrected chi connectivity index (χ3v) is 4.79. The number of hydrogen-bond acceptors (Lipinski definition) is 4. The lowest BCUT2D eigenvalue weighted by Crippen LogP contribution is -2.43. The van der Waals surface area contributed by atoms with Gasteiger partial charge in [0.05, 0.1) is 0 Å². The Kier molecular flexibility index (Phi) is 9.32. The van der Waals surface area contributed by atoms with E-state index in [4.69, 9.17) is 4.99 Å². The molecule has 7 heteroatoms. The summed E-state index contributed by atoms with van der Waals surface area (Å²) in [5, 5.41) is 15.3. The summed E-state index contributed by atoms with van der Waals surface area (Å²) < 4.78 is 1.98. The largest absolute Gasteiger partial charge is 0.356 e. The Hall–Kier alpha value is -1.24. The summed E-state index contributed by atoms with van der Waals surface area (Å²) in [6.45, 7) is 12.5. The Balaban J connectivity index is 2.64. The van der Waals surface area contributed by atoms with E-state index in [0.717, 1.165) is 42.7 Å². The van der Waals surface area contributed by atoms with Crippen LogP contribution in [0.25, 0.3) is 0 Å². The zero-order valence-corrected chi connectivity index (χ0v) is 17.8. The molecule has 0 bridgehead atoms. The molecule has 1 heterocycles. The number of hydrogen-bond donors (Lipinski definition) is 2. The lowest BCUT2D eigenvalue weighted by molar-refractivity contribution is 0.346. The minimum absolute atomic E-state index is 0.356. The molecule has 0 saturated carbocycles. The molecule has 25 heavy (non-hydrogen) atoms. The second-order valence-corrected chi connectivity index (χ2v) is 8.79. The van der Waals surface area contributed by atoms with Gasteiger partial charge in [0.15, 0.2) is 11.8 Å². The molecule has 0 radical (unpaired) electrons. The van der Waals surface area contributed by atoms with Gasteiger partial charge in [-0.1, -0.05) is 20.8 Å². The van der Waals surface area contributed by atoms with Crippen LogP contribution in [0.3, 0.4) is 0 Å². The van der Waals surface area contributed by atoms with E-state index in [9.17, 15) is 0 Å². The summed E-state index contributed by atoms with van der Waals surface area (Å²) in [6.07, 6.45) is 5.57. The Morgan fingerprint density at radius 3 is 2.60 bits per heavy atom. The van der Waals surface area contributed by atoms with E-state index in [1.807, 2.05) is 30.3 Å². The summed E-state index contributed by atoms with van der Waals surface area (Å²) in [5.41, 5.74) is 0.356. The van der Waals surface area contributed by atoms with E-state index in [1.165, 1.54) is 6.42 Å². The second-order valence-electron chi connectivity index (χ2n) is 7.81. The summed E-state index contributed by atoms with van der Waals surface area (Å²) in [5.74, 6) is 3.81. The summed E-state index contributed by atoms with van der Waals surface area (Å²) >= 11 is 1.87. The molecule has 0 aliphatic rings. The minimum Gasteiger partial charge on any atom is -0.356 e. The fourth-order valence-corrected chi connectivity index (χ4v) is 2.70. The van der Waals surface area contributed by atoms with E-state index in [2.05, 4.69) is 54.8 Å². The van der Waals surface area contributed by atoms with Crippen LogP contribution in [0.5, 0.6) is 0 Å². The average molecular weight is 369 g/mol. The van der Waals surface area contributed by atoms with E-state index in [0.29, 0.717) is 18.0 Å². The van der Waals surface area contributed by atoms with Crippen molar-refractivity contribution in [1.82, 2.24) is 25.4 Å². The summed E-state index contributed by atoms with van der Waals surface area (Å²) in [7, 11) is 1.98. The van der Waals surface area contributed by atoms with Crippen molar-refractivity contribution in [3.63, 3.8) is 0 Å². The van der Waals surface area contributed by atoms with E-state index >= 15 is 0 Å². The molecule has 1 atom stereocenters. The molecule has 0 fully saturated rings. The van der Waals surface area contributed by atoms with E-state index in [-0.39, 0.29) is 0 Å². The van der Waals surface area contributed by atoms with Gasteiger partial charge in [-0.3, -0.25) is 0 Å². The Labute approximate surface area is 157 Å². The maximum Gasteiger partial charge on any atom is 0.191 e. The molecular weight excluding hydrogens is 332 g/mol. The predicted molar refractivity (Wildman–Crippen MR) is 109 cm³/mol. The highest BCUT2D eigenvalue weighted by Crippen LogP contribution is 2.21. The zero-order chi connectivity index (χ0) is 18.9. The Morgan fingerprint density at radius 1 is 1.32 bits per heavy atom. The van der Waals surface area contributed by atoms with E-state index < -0.39 is 0 Å². The van der Waals surface area contributed by atoms with Gasteiger partial charge in [-0.05, 0) is 50.5 Å². The molecule has 0 amide bonds. The van der Waals surface area contributed by atoms with Crippen LogP contribution >= 0.6 is 11.8 Å². The van der Waals surface area contributed by atoms with Crippen LogP contribution in [0.4, 0.5) is 0 Å². The molecule has 144 valence electrons. The summed E-state index contributed by atoms with van der Waals surface area (Å²) in [6, 6.07) is 0.382. The van der Waals surface area contributed by atoms with Gasteiger partial charge >= 0.3 is 0 Å². The number of aryl methyl sites for hydroxylation is 1. The number of aliphatic imine (C=N–C) groups is 1. The van der Waals surface area contributed by atoms with Crippen LogP contribution in [0.2, 0.25) is 0 Å². The molecular formula is C18H36N6S.